The Bertz CT molecular complexity index is 94.4. The van der Waals surface area contributed by atoms with Gasteiger partial charge in [0.05, 0.1) is 6.07 Å². The number of nitrogens with zero attached hydrogens (tertiary/aromatic N) is 1. The molecule has 0 rings (SSSR count). The van der Waals surface area contributed by atoms with E-state index >= 15 is 0 Å². The third kappa shape index (κ3) is 3.12. The maximum Gasteiger partial charge on any atom is 0.119 e. The Morgan fingerprint density at radius 2 is 2.43 bits per heavy atom. The minimum atomic E-state index is -0.376. The van der Waals surface area contributed by atoms with Gasteiger partial charge in [-0.25, -0.2) is 0 Å². The van der Waals surface area contributed by atoms with Crippen LogP contribution in [0.3, 0.4) is 0 Å². The molecule has 0 aromatic rings. The van der Waals surface area contributed by atoms with Crippen LogP contribution < -0.4 is 0 Å². The first-order valence-electron chi connectivity index (χ1n) is 1.78. The highest BCUT2D eigenvalue weighted by Crippen LogP contribution is 2.17. The summed E-state index contributed by atoms with van der Waals surface area (Å²) < 4.78 is -0.376. The highest BCUT2D eigenvalue weighted by Gasteiger charge is 2.15. The molecule has 0 fully saturated rings. The van der Waals surface area contributed by atoms with Crippen LogP contribution >= 0.6 is 34.2 Å². The summed E-state index contributed by atoms with van der Waals surface area (Å²) >= 11 is 7.37. The second-order valence-corrected chi connectivity index (χ2v) is 4.09. The Hall–Kier alpha value is 0.510. The van der Waals surface area contributed by atoms with E-state index in [9.17, 15) is 0 Å². The molecule has 0 amide bonds. The van der Waals surface area contributed by atoms with E-state index in [1.807, 2.05) is 28.7 Å². The Balaban J connectivity index is 3.66. The van der Waals surface area contributed by atoms with Crippen LogP contribution in [0.5, 0.6) is 0 Å². The van der Waals surface area contributed by atoms with Crippen molar-refractivity contribution in [1.82, 2.24) is 0 Å². The van der Waals surface area contributed by atoms with Gasteiger partial charge in [-0.3, -0.25) is 0 Å². The van der Waals surface area contributed by atoms with Crippen molar-refractivity contribution in [2.24, 2.45) is 0 Å². The minimum Gasteiger partial charge on any atom is -0.197 e. The van der Waals surface area contributed by atoms with Crippen LogP contribution in [0.2, 0.25) is 0 Å². The molecule has 0 saturated carbocycles. The molecule has 7 heavy (non-hydrogen) atoms. The predicted octanol–water partition coefficient (Wildman–Crippen LogP) is 1.94. The molecule has 40 valence electrons. The molecule has 1 nitrogen and oxygen atoms in total. The maximum atomic E-state index is 8.25. The van der Waals surface area contributed by atoms with Crippen molar-refractivity contribution < 1.29 is 0 Å². The molecule has 0 aliphatic rings. The molecule has 0 N–H and O–H groups in total. The van der Waals surface area contributed by atoms with Gasteiger partial charge in [-0.1, -0.05) is 22.6 Å². The van der Waals surface area contributed by atoms with Crippen molar-refractivity contribution in [3.8, 4) is 6.07 Å². The third-order valence-electron chi connectivity index (χ3n) is 0.484. The van der Waals surface area contributed by atoms with Crippen molar-refractivity contribution in [1.29, 1.82) is 5.26 Å². The van der Waals surface area contributed by atoms with Crippen molar-refractivity contribution in [3.63, 3.8) is 0 Å². The largest absolute Gasteiger partial charge is 0.197 e. The Morgan fingerprint density at radius 1 is 2.00 bits per heavy atom. The Labute approximate surface area is 61.8 Å². The molecule has 1 unspecified atom stereocenters. The van der Waals surface area contributed by atoms with Crippen LogP contribution in [0.4, 0.5) is 0 Å². The quantitative estimate of drug-likeness (QED) is 0.498. The lowest BCUT2D eigenvalue weighted by atomic mass is 10.3. The first-order chi connectivity index (χ1) is 3.12. The van der Waals surface area contributed by atoms with Crippen LogP contribution in [0, 0.1) is 11.3 Å². The van der Waals surface area contributed by atoms with Gasteiger partial charge in [0.25, 0.3) is 0 Å². The third-order valence-corrected chi connectivity index (χ3v) is 2.09. The van der Waals surface area contributed by atoms with Gasteiger partial charge < -0.3 is 0 Å². The standard InChI is InChI=1S/C4H5ClIN/c1-4(6,2-5)3-7/h2H2,1H3. The van der Waals surface area contributed by atoms with E-state index in [1.165, 1.54) is 0 Å². The van der Waals surface area contributed by atoms with Crippen LogP contribution in [0.25, 0.3) is 0 Å². The number of hydrogen-bond acceptors (Lipinski definition) is 1. The summed E-state index contributed by atoms with van der Waals surface area (Å²) in [5.74, 6) is 0.393. The molecule has 0 bridgehead atoms. The zero-order chi connectivity index (χ0) is 5.91. The fourth-order valence-corrected chi connectivity index (χ4v) is 0.0896. The summed E-state index contributed by atoms with van der Waals surface area (Å²) in [4.78, 5) is 0. The van der Waals surface area contributed by atoms with Crippen LogP contribution in [0.1, 0.15) is 6.92 Å². The van der Waals surface area contributed by atoms with E-state index in [-0.39, 0.29) is 3.42 Å². The highest BCUT2D eigenvalue weighted by molar-refractivity contribution is 14.1. The molecule has 1 atom stereocenters. The monoisotopic (exact) mass is 229 g/mol. The number of rotatable bonds is 1. The van der Waals surface area contributed by atoms with Gasteiger partial charge in [0.15, 0.2) is 0 Å². The molecular formula is C4H5ClIN. The van der Waals surface area contributed by atoms with Crippen LogP contribution in [-0.4, -0.2) is 9.30 Å². The molecule has 0 aliphatic carbocycles. The number of nitriles is 1. The SMILES string of the molecule is CC(I)(C#N)CCl. The second kappa shape index (κ2) is 2.73. The highest BCUT2D eigenvalue weighted by atomic mass is 127. The molecule has 0 saturated heterocycles. The van der Waals surface area contributed by atoms with Gasteiger partial charge in [0, 0.05) is 5.88 Å². The Morgan fingerprint density at radius 3 is 2.43 bits per heavy atom. The summed E-state index contributed by atoms with van der Waals surface area (Å²) in [6.07, 6.45) is 0. The average molecular weight is 229 g/mol. The van der Waals surface area contributed by atoms with Crippen molar-refractivity contribution in [3.05, 3.63) is 0 Å². The molecule has 0 aromatic heterocycles. The first-order valence-corrected chi connectivity index (χ1v) is 3.40. The number of alkyl halides is 2. The normalized spacial score (nSPS) is 17.4. The van der Waals surface area contributed by atoms with Gasteiger partial charge in [-0.15, -0.1) is 11.6 Å². The second-order valence-electron chi connectivity index (χ2n) is 1.44. The van der Waals surface area contributed by atoms with Crippen molar-refractivity contribution >= 4 is 34.2 Å². The van der Waals surface area contributed by atoms with Gasteiger partial charge in [-0.2, -0.15) is 5.26 Å². The molecule has 3 heteroatoms. The van der Waals surface area contributed by atoms with E-state index in [2.05, 4.69) is 0 Å². The summed E-state index contributed by atoms with van der Waals surface area (Å²) in [6, 6.07) is 2.05. The maximum absolute atomic E-state index is 8.25. The van der Waals surface area contributed by atoms with Crippen molar-refractivity contribution in [2.75, 3.05) is 5.88 Å². The van der Waals surface area contributed by atoms with E-state index in [1.54, 1.807) is 6.92 Å². The lowest BCUT2D eigenvalue weighted by Crippen LogP contribution is -2.12. The van der Waals surface area contributed by atoms with E-state index in [4.69, 9.17) is 16.9 Å². The fourth-order valence-electron chi connectivity index (χ4n) is 0.0299. The van der Waals surface area contributed by atoms with E-state index in [0.29, 0.717) is 5.88 Å². The van der Waals surface area contributed by atoms with Gasteiger partial charge in [0.2, 0.25) is 0 Å². The molecule has 0 spiro atoms. The fraction of sp³-hybridized carbons (Fsp3) is 0.750. The first kappa shape index (κ1) is 7.51. The summed E-state index contributed by atoms with van der Waals surface area (Å²) in [7, 11) is 0. The van der Waals surface area contributed by atoms with E-state index < -0.39 is 0 Å². The van der Waals surface area contributed by atoms with Crippen LogP contribution in [0.15, 0.2) is 0 Å². The average Bonchev–Trinajstić information content (AvgIpc) is 1.68. The van der Waals surface area contributed by atoms with Crippen LogP contribution in [-0.2, 0) is 0 Å². The summed E-state index contributed by atoms with van der Waals surface area (Å²) in [6.45, 7) is 1.79. The smallest absolute Gasteiger partial charge is 0.119 e. The molecule has 0 aliphatic heterocycles. The number of halogens is 2. The summed E-state index contributed by atoms with van der Waals surface area (Å²) in [5, 5.41) is 8.25. The predicted molar refractivity (Wildman–Crippen MR) is 38.8 cm³/mol. The lowest BCUT2D eigenvalue weighted by molar-refractivity contribution is 0.968. The molecular weight excluding hydrogens is 224 g/mol. The van der Waals surface area contributed by atoms with Crippen molar-refractivity contribution in [2.45, 2.75) is 10.3 Å². The zero-order valence-electron chi connectivity index (χ0n) is 3.91. The summed E-state index contributed by atoms with van der Waals surface area (Å²) in [5.41, 5.74) is 0. The lowest BCUT2D eigenvalue weighted by Gasteiger charge is -2.04. The zero-order valence-corrected chi connectivity index (χ0v) is 6.82. The number of hydrogen-bond donors (Lipinski definition) is 0. The van der Waals surface area contributed by atoms with Gasteiger partial charge in [0.1, 0.15) is 3.42 Å². The molecule has 0 radical (unpaired) electrons. The van der Waals surface area contributed by atoms with Gasteiger partial charge in [-0.05, 0) is 6.92 Å². The Kier molecular flexibility index (Phi) is 2.93. The van der Waals surface area contributed by atoms with Gasteiger partial charge >= 0.3 is 0 Å². The molecule has 0 heterocycles. The minimum absolute atomic E-state index is 0.376. The topological polar surface area (TPSA) is 23.8 Å². The van der Waals surface area contributed by atoms with E-state index in [0.717, 1.165) is 0 Å². The molecule has 0 aromatic carbocycles.